The minimum Gasteiger partial charge on any atom is -0.492 e. The number of fused-ring (bicyclic) bond motifs is 2. The van der Waals surface area contributed by atoms with Crippen LogP contribution in [0.25, 0.3) is 11.0 Å². The van der Waals surface area contributed by atoms with Gasteiger partial charge in [0.05, 0.1) is 30.1 Å². The molecule has 5 rings (SSSR count). The SMILES string of the molecule is CS(=O)(=O)OCc1ccc(OC[C@@H]2CC[C@H]3CN(c4noc5ccccc45)CCN3C2)cn1. The summed E-state index contributed by atoms with van der Waals surface area (Å²) in [6.45, 7) is 4.48. The zero-order chi connectivity index (χ0) is 22.8. The highest BCUT2D eigenvalue weighted by Gasteiger charge is 2.34. The maximum absolute atomic E-state index is 11.1. The number of piperazine rings is 1. The minimum atomic E-state index is -3.48. The molecule has 2 fully saturated rings. The monoisotopic (exact) mass is 472 g/mol. The van der Waals surface area contributed by atoms with E-state index in [0.717, 1.165) is 62.1 Å². The van der Waals surface area contributed by atoms with Gasteiger partial charge in [0.1, 0.15) is 12.4 Å². The van der Waals surface area contributed by atoms with E-state index in [2.05, 4.69) is 26.0 Å². The number of rotatable bonds is 7. The van der Waals surface area contributed by atoms with Gasteiger partial charge in [0.15, 0.2) is 11.4 Å². The first-order valence-corrected chi connectivity index (χ1v) is 13.0. The molecule has 0 aliphatic carbocycles. The van der Waals surface area contributed by atoms with E-state index in [1.165, 1.54) is 0 Å². The van der Waals surface area contributed by atoms with Crippen LogP contribution in [0.3, 0.4) is 0 Å². The molecule has 4 heterocycles. The summed E-state index contributed by atoms with van der Waals surface area (Å²) in [7, 11) is -3.48. The Bertz CT molecular complexity index is 1200. The number of anilines is 1. The summed E-state index contributed by atoms with van der Waals surface area (Å²) in [5, 5.41) is 5.41. The quantitative estimate of drug-likeness (QED) is 0.481. The van der Waals surface area contributed by atoms with E-state index >= 15 is 0 Å². The summed E-state index contributed by atoms with van der Waals surface area (Å²) in [5.41, 5.74) is 1.38. The summed E-state index contributed by atoms with van der Waals surface area (Å²) in [5.74, 6) is 2.10. The van der Waals surface area contributed by atoms with Gasteiger partial charge in [-0.1, -0.05) is 17.3 Å². The Balaban J connectivity index is 1.11. The van der Waals surface area contributed by atoms with Crippen molar-refractivity contribution in [2.45, 2.75) is 25.5 Å². The van der Waals surface area contributed by atoms with Crippen LogP contribution in [-0.2, 0) is 20.9 Å². The van der Waals surface area contributed by atoms with Gasteiger partial charge in [0, 0.05) is 38.1 Å². The number of aromatic nitrogens is 2. The molecule has 10 heteroatoms. The van der Waals surface area contributed by atoms with E-state index in [4.69, 9.17) is 13.4 Å². The van der Waals surface area contributed by atoms with E-state index in [9.17, 15) is 8.42 Å². The molecule has 2 atom stereocenters. The third-order valence-electron chi connectivity index (χ3n) is 6.37. The molecule has 0 saturated carbocycles. The Hall–Kier alpha value is -2.69. The maximum atomic E-state index is 11.1. The molecule has 3 aromatic rings. The third kappa shape index (κ3) is 5.29. The van der Waals surface area contributed by atoms with Gasteiger partial charge >= 0.3 is 0 Å². The molecule has 1 aromatic carbocycles. The highest BCUT2D eigenvalue weighted by atomic mass is 32.2. The van der Waals surface area contributed by atoms with Crippen molar-refractivity contribution in [2.24, 2.45) is 5.92 Å². The number of ether oxygens (including phenoxy) is 1. The molecule has 2 aliphatic heterocycles. The summed E-state index contributed by atoms with van der Waals surface area (Å²) >= 11 is 0. The molecule has 9 nitrogen and oxygen atoms in total. The molecule has 2 aromatic heterocycles. The standard InChI is InChI=1S/C23H28N4O5S/c1-33(28,29)31-16-18-7-9-20(12-24-18)30-15-17-6-8-19-14-27(11-10-26(19)13-17)23-21-4-2-3-5-22(21)32-25-23/h2-5,7,9,12,17,19H,6,8,10-11,13-16H2,1H3/t17-,19+/m1/s1. The molecule has 0 amide bonds. The first kappa shape index (κ1) is 22.1. The number of para-hydroxylation sites is 1. The lowest BCUT2D eigenvalue weighted by Gasteiger charge is -2.46. The highest BCUT2D eigenvalue weighted by Crippen LogP contribution is 2.31. The predicted octanol–water partition coefficient (Wildman–Crippen LogP) is 2.68. The molecular formula is C23H28N4O5S. The van der Waals surface area contributed by atoms with Crippen LogP contribution in [0.1, 0.15) is 18.5 Å². The van der Waals surface area contributed by atoms with Gasteiger partial charge < -0.3 is 14.2 Å². The first-order chi connectivity index (χ1) is 15.9. The topological polar surface area (TPSA) is 98.0 Å². The van der Waals surface area contributed by atoms with Crippen LogP contribution in [0.4, 0.5) is 5.82 Å². The zero-order valence-corrected chi connectivity index (χ0v) is 19.4. The molecule has 0 radical (unpaired) electrons. The second kappa shape index (κ2) is 9.28. The van der Waals surface area contributed by atoms with E-state index in [-0.39, 0.29) is 6.61 Å². The molecular weight excluding hydrogens is 444 g/mol. The van der Waals surface area contributed by atoms with E-state index in [0.29, 0.717) is 30.0 Å². The van der Waals surface area contributed by atoms with Gasteiger partial charge in [0.2, 0.25) is 0 Å². The fraction of sp³-hybridized carbons (Fsp3) is 0.478. The Morgan fingerprint density at radius 1 is 1.12 bits per heavy atom. The van der Waals surface area contributed by atoms with Crippen molar-refractivity contribution < 1.29 is 21.9 Å². The number of pyridine rings is 1. The molecule has 176 valence electrons. The van der Waals surface area contributed by atoms with Crippen molar-refractivity contribution in [1.82, 2.24) is 15.0 Å². The van der Waals surface area contributed by atoms with Crippen molar-refractivity contribution in [1.29, 1.82) is 0 Å². The van der Waals surface area contributed by atoms with E-state index in [1.54, 1.807) is 18.3 Å². The third-order valence-corrected chi connectivity index (χ3v) is 6.91. The molecule has 2 aliphatic rings. The van der Waals surface area contributed by atoms with Crippen LogP contribution >= 0.6 is 0 Å². The average molecular weight is 473 g/mol. The van der Waals surface area contributed by atoms with Gasteiger partial charge in [-0.05, 0) is 37.1 Å². The fourth-order valence-electron chi connectivity index (χ4n) is 4.65. The normalized spacial score (nSPS) is 21.8. The molecule has 0 spiro atoms. The number of benzene rings is 1. The number of hydrogen-bond donors (Lipinski definition) is 0. The fourth-order valence-corrected chi connectivity index (χ4v) is 4.99. The van der Waals surface area contributed by atoms with Crippen molar-refractivity contribution in [2.75, 3.05) is 43.9 Å². The van der Waals surface area contributed by atoms with E-state index in [1.807, 2.05) is 18.2 Å². The van der Waals surface area contributed by atoms with Crippen LogP contribution in [0.15, 0.2) is 47.1 Å². The lowest BCUT2D eigenvalue weighted by molar-refractivity contribution is 0.0726. The number of piperidine rings is 1. The Morgan fingerprint density at radius 3 is 2.82 bits per heavy atom. The average Bonchev–Trinajstić information content (AvgIpc) is 3.25. The second-order valence-electron chi connectivity index (χ2n) is 8.80. The largest absolute Gasteiger partial charge is 0.492 e. The van der Waals surface area contributed by atoms with Gasteiger partial charge in [-0.2, -0.15) is 8.42 Å². The number of hydrogen-bond acceptors (Lipinski definition) is 9. The minimum absolute atomic E-state index is 0.0702. The predicted molar refractivity (Wildman–Crippen MR) is 124 cm³/mol. The second-order valence-corrected chi connectivity index (χ2v) is 10.4. The Labute approximate surface area is 193 Å². The van der Waals surface area contributed by atoms with Gasteiger partial charge in [-0.3, -0.25) is 14.1 Å². The van der Waals surface area contributed by atoms with Gasteiger partial charge in [0.25, 0.3) is 10.1 Å². The maximum Gasteiger partial charge on any atom is 0.264 e. The molecule has 0 unspecified atom stereocenters. The van der Waals surface area contributed by atoms with Crippen molar-refractivity contribution in [3.05, 3.63) is 48.3 Å². The van der Waals surface area contributed by atoms with Crippen molar-refractivity contribution >= 4 is 26.9 Å². The Kier molecular flexibility index (Phi) is 6.22. The van der Waals surface area contributed by atoms with Crippen molar-refractivity contribution in [3.8, 4) is 5.75 Å². The first-order valence-electron chi connectivity index (χ1n) is 11.2. The van der Waals surface area contributed by atoms with Gasteiger partial charge in [-0.15, -0.1) is 0 Å². The lowest BCUT2D eigenvalue weighted by Crippen LogP contribution is -2.57. The molecule has 2 saturated heterocycles. The van der Waals surface area contributed by atoms with E-state index < -0.39 is 10.1 Å². The molecule has 0 bridgehead atoms. The van der Waals surface area contributed by atoms with Crippen LogP contribution < -0.4 is 9.64 Å². The summed E-state index contributed by atoms with van der Waals surface area (Å²) in [4.78, 5) is 9.14. The van der Waals surface area contributed by atoms with Crippen molar-refractivity contribution in [3.63, 3.8) is 0 Å². The number of nitrogens with zero attached hydrogens (tertiary/aromatic N) is 4. The lowest BCUT2D eigenvalue weighted by atomic mass is 9.91. The molecule has 0 N–H and O–H groups in total. The summed E-state index contributed by atoms with van der Waals surface area (Å²) < 4.78 is 38.4. The molecule has 33 heavy (non-hydrogen) atoms. The highest BCUT2D eigenvalue weighted by molar-refractivity contribution is 7.85. The summed E-state index contributed by atoms with van der Waals surface area (Å²) in [6.07, 6.45) is 4.88. The van der Waals surface area contributed by atoms with Crippen LogP contribution in [-0.4, -0.2) is 68.5 Å². The summed E-state index contributed by atoms with van der Waals surface area (Å²) in [6, 6.07) is 12.1. The van der Waals surface area contributed by atoms with Crippen LogP contribution in [0, 0.1) is 5.92 Å². The zero-order valence-electron chi connectivity index (χ0n) is 18.6. The van der Waals surface area contributed by atoms with Gasteiger partial charge in [-0.25, -0.2) is 0 Å². The smallest absolute Gasteiger partial charge is 0.264 e. The Morgan fingerprint density at radius 2 is 2.00 bits per heavy atom. The van der Waals surface area contributed by atoms with Crippen LogP contribution in [0.5, 0.6) is 5.75 Å². The van der Waals surface area contributed by atoms with Crippen LogP contribution in [0.2, 0.25) is 0 Å².